The minimum atomic E-state index is -0.375. The highest BCUT2D eigenvalue weighted by Crippen LogP contribution is 2.32. The molecule has 28 heavy (non-hydrogen) atoms. The molecule has 0 radical (unpaired) electrons. The van der Waals surface area contributed by atoms with Crippen molar-refractivity contribution in [2.75, 3.05) is 36.0 Å². The fourth-order valence-electron chi connectivity index (χ4n) is 4.28. The molecule has 0 unspecified atom stereocenters. The molecule has 0 aliphatic carbocycles. The van der Waals surface area contributed by atoms with Crippen LogP contribution >= 0.6 is 11.6 Å². The molecule has 2 aliphatic heterocycles. The van der Waals surface area contributed by atoms with E-state index in [1.807, 2.05) is 56.3 Å². The Kier molecular flexibility index (Phi) is 5.13. The Hall–Kier alpha value is -2.37. The number of carbonyl (C=O) groups excluding carboxylic acids is 2. The molecule has 2 amide bonds. The SMILES string of the molecule is Cc1cccc(C)c1N1C(=O)C[C@H](N2CCN(c3ccccc3Cl)CC2)C1=O. The first kappa shape index (κ1) is 19.0. The number of hydrogen-bond donors (Lipinski definition) is 0. The summed E-state index contributed by atoms with van der Waals surface area (Å²) in [5.74, 6) is -0.213. The molecule has 2 heterocycles. The van der Waals surface area contributed by atoms with Gasteiger partial charge in [-0.3, -0.25) is 14.5 Å². The molecule has 0 spiro atoms. The van der Waals surface area contributed by atoms with Crippen molar-refractivity contribution >= 4 is 34.8 Å². The quantitative estimate of drug-likeness (QED) is 0.744. The third-order valence-corrected chi connectivity index (χ3v) is 6.05. The van der Waals surface area contributed by atoms with Crippen molar-refractivity contribution in [2.45, 2.75) is 26.3 Å². The Balaban J connectivity index is 1.49. The summed E-state index contributed by atoms with van der Waals surface area (Å²) in [6.07, 6.45) is 0.249. The first-order valence-electron chi connectivity index (χ1n) is 9.64. The monoisotopic (exact) mass is 397 g/mol. The molecule has 0 saturated carbocycles. The van der Waals surface area contributed by atoms with Gasteiger partial charge in [0.15, 0.2) is 0 Å². The normalized spacial score (nSPS) is 20.9. The maximum Gasteiger partial charge on any atom is 0.251 e. The number of carbonyl (C=O) groups is 2. The van der Waals surface area contributed by atoms with Gasteiger partial charge in [-0.1, -0.05) is 41.9 Å². The smallest absolute Gasteiger partial charge is 0.251 e. The van der Waals surface area contributed by atoms with Gasteiger partial charge in [-0.25, -0.2) is 4.90 Å². The maximum absolute atomic E-state index is 13.2. The largest absolute Gasteiger partial charge is 0.368 e. The summed E-state index contributed by atoms with van der Waals surface area (Å²) in [7, 11) is 0. The number of rotatable bonds is 3. The molecular formula is C22H24ClN3O2. The van der Waals surface area contributed by atoms with E-state index in [2.05, 4.69) is 9.80 Å². The van der Waals surface area contributed by atoms with Crippen LogP contribution in [0.25, 0.3) is 0 Å². The first-order valence-corrected chi connectivity index (χ1v) is 10.0. The fraction of sp³-hybridized carbons (Fsp3) is 0.364. The van der Waals surface area contributed by atoms with Crippen LogP contribution in [0, 0.1) is 13.8 Å². The standard InChI is InChI=1S/C22H24ClN3O2/c1-15-6-5-7-16(2)21(15)26-20(27)14-19(22(26)28)25-12-10-24(11-13-25)18-9-4-3-8-17(18)23/h3-9,19H,10-14H2,1-2H3/t19-/m0/s1. The molecule has 146 valence electrons. The van der Waals surface area contributed by atoms with E-state index in [0.29, 0.717) is 0 Å². The van der Waals surface area contributed by atoms with Gasteiger partial charge in [-0.2, -0.15) is 0 Å². The highest BCUT2D eigenvalue weighted by molar-refractivity contribution is 6.33. The summed E-state index contributed by atoms with van der Waals surface area (Å²) < 4.78 is 0. The number of halogens is 1. The number of imide groups is 1. The van der Waals surface area contributed by atoms with Crippen molar-refractivity contribution in [1.82, 2.24) is 4.90 Å². The van der Waals surface area contributed by atoms with Gasteiger partial charge in [-0.05, 0) is 37.1 Å². The van der Waals surface area contributed by atoms with Gasteiger partial charge in [0.25, 0.3) is 5.91 Å². The number of nitrogens with zero attached hydrogens (tertiary/aromatic N) is 3. The summed E-state index contributed by atoms with van der Waals surface area (Å²) in [5.41, 5.74) is 3.67. The molecule has 2 aromatic carbocycles. The van der Waals surface area contributed by atoms with Crippen molar-refractivity contribution in [3.63, 3.8) is 0 Å². The molecule has 5 nitrogen and oxygen atoms in total. The van der Waals surface area contributed by atoms with Gasteiger partial charge in [0, 0.05) is 26.2 Å². The summed E-state index contributed by atoms with van der Waals surface area (Å²) in [6.45, 7) is 6.92. The van der Waals surface area contributed by atoms with Crippen LogP contribution in [0.3, 0.4) is 0 Å². The highest BCUT2D eigenvalue weighted by Gasteiger charge is 2.44. The van der Waals surface area contributed by atoms with Crippen LogP contribution in [-0.2, 0) is 9.59 Å². The molecule has 2 fully saturated rings. The molecule has 4 rings (SSSR count). The topological polar surface area (TPSA) is 43.9 Å². The molecular weight excluding hydrogens is 374 g/mol. The van der Waals surface area contributed by atoms with E-state index in [9.17, 15) is 9.59 Å². The van der Waals surface area contributed by atoms with Gasteiger partial charge in [0.2, 0.25) is 5.91 Å². The van der Waals surface area contributed by atoms with Crippen LogP contribution in [0.5, 0.6) is 0 Å². The lowest BCUT2D eigenvalue weighted by Crippen LogP contribution is -2.52. The highest BCUT2D eigenvalue weighted by atomic mass is 35.5. The van der Waals surface area contributed by atoms with E-state index < -0.39 is 0 Å². The van der Waals surface area contributed by atoms with E-state index in [1.165, 1.54) is 4.90 Å². The predicted octanol–water partition coefficient (Wildman–Crippen LogP) is 3.41. The number of para-hydroxylation sites is 2. The van der Waals surface area contributed by atoms with E-state index in [-0.39, 0.29) is 24.3 Å². The average molecular weight is 398 g/mol. The number of benzene rings is 2. The second-order valence-electron chi connectivity index (χ2n) is 7.50. The van der Waals surface area contributed by atoms with Gasteiger partial charge >= 0.3 is 0 Å². The number of aryl methyl sites for hydroxylation is 2. The van der Waals surface area contributed by atoms with Gasteiger partial charge in [0.1, 0.15) is 0 Å². The van der Waals surface area contributed by atoms with Crippen molar-refractivity contribution in [3.05, 3.63) is 58.6 Å². The van der Waals surface area contributed by atoms with Gasteiger partial charge in [0.05, 0.1) is 28.9 Å². The molecule has 0 bridgehead atoms. The van der Waals surface area contributed by atoms with Crippen LogP contribution in [0.1, 0.15) is 17.5 Å². The summed E-state index contributed by atoms with van der Waals surface area (Å²) >= 11 is 6.32. The van der Waals surface area contributed by atoms with E-state index in [0.717, 1.165) is 53.7 Å². The number of hydrogen-bond acceptors (Lipinski definition) is 4. The Bertz CT molecular complexity index is 901. The summed E-state index contributed by atoms with van der Waals surface area (Å²) in [5, 5.41) is 0.740. The van der Waals surface area contributed by atoms with Gasteiger partial charge < -0.3 is 4.90 Å². The van der Waals surface area contributed by atoms with E-state index in [1.54, 1.807) is 0 Å². The second kappa shape index (κ2) is 7.57. The first-order chi connectivity index (χ1) is 13.5. The second-order valence-corrected chi connectivity index (χ2v) is 7.91. The van der Waals surface area contributed by atoms with Crippen LogP contribution in [-0.4, -0.2) is 48.9 Å². The lowest BCUT2D eigenvalue weighted by Gasteiger charge is -2.38. The zero-order chi connectivity index (χ0) is 19.8. The molecule has 0 N–H and O–H groups in total. The molecule has 6 heteroatoms. The van der Waals surface area contributed by atoms with Crippen LogP contribution in [0.2, 0.25) is 5.02 Å². The minimum Gasteiger partial charge on any atom is -0.368 e. The van der Waals surface area contributed by atoms with Gasteiger partial charge in [-0.15, -0.1) is 0 Å². The lowest BCUT2D eigenvalue weighted by molar-refractivity contribution is -0.123. The van der Waals surface area contributed by atoms with Crippen molar-refractivity contribution in [1.29, 1.82) is 0 Å². The zero-order valence-electron chi connectivity index (χ0n) is 16.2. The fourth-order valence-corrected chi connectivity index (χ4v) is 4.53. The Morgan fingerprint density at radius 1 is 0.893 bits per heavy atom. The average Bonchev–Trinajstić information content (AvgIpc) is 2.97. The molecule has 2 saturated heterocycles. The number of piperazine rings is 1. The number of anilines is 2. The molecule has 0 aromatic heterocycles. The van der Waals surface area contributed by atoms with E-state index >= 15 is 0 Å². The van der Waals surface area contributed by atoms with Crippen molar-refractivity contribution in [3.8, 4) is 0 Å². The van der Waals surface area contributed by atoms with E-state index in [4.69, 9.17) is 11.6 Å². The molecule has 1 atom stereocenters. The summed E-state index contributed by atoms with van der Waals surface area (Å²) in [6, 6.07) is 13.3. The van der Waals surface area contributed by atoms with Crippen LogP contribution in [0.15, 0.2) is 42.5 Å². The Morgan fingerprint density at radius 2 is 1.54 bits per heavy atom. The van der Waals surface area contributed by atoms with Crippen LogP contribution in [0.4, 0.5) is 11.4 Å². The third kappa shape index (κ3) is 3.29. The maximum atomic E-state index is 13.2. The Labute approximate surface area is 170 Å². The Morgan fingerprint density at radius 3 is 2.18 bits per heavy atom. The lowest BCUT2D eigenvalue weighted by atomic mass is 10.1. The van der Waals surface area contributed by atoms with Crippen molar-refractivity contribution in [2.24, 2.45) is 0 Å². The summed E-state index contributed by atoms with van der Waals surface area (Å²) in [4.78, 5) is 31.7. The predicted molar refractivity (Wildman–Crippen MR) is 112 cm³/mol. The third-order valence-electron chi connectivity index (χ3n) is 5.73. The molecule has 2 aliphatic rings. The molecule has 2 aromatic rings. The minimum absolute atomic E-state index is 0.103. The zero-order valence-corrected chi connectivity index (χ0v) is 16.9. The van der Waals surface area contributed by atoms with Crippen LogP contribution < -0.4 is 9.80 Å². The number of amides is 2. The van der Waals surface area contributed by atoms with Crippen molar-refractivity contribution < 1.29 is 9.59 Å².